The number of anilines is 1. The number of imide groups is 1. The van der Waals surface area contributed by atoms with Crippen LogP contribution in [-0.4, -0.2) is 17.6 Å². The number of carbonyl (C=O) groups is 3. The Morgan fingerprint density at radius 2 is 1.64 bits per heavy atom. The molecule has 0 bridgehead atoms. The maximum Gasteiger partial charge on any atom is 0.258 e. The number of benzene rings is 1. The molecule has 0 unspecified atom stereocenters. The maximum atomic E-state index is 12.6. The molecule has 1 aromatic rings. The summed E-state index contributed by atoms with van der Waals surface area (Å²) in [5, 5.41) is 0. The Balaban J connectivity index is 2.42. The van der Waals surface area contributed by atoms with Crippen molar-refractivity contribution in [2.75, 3.05) is 4.90 Å². The van der Waals surface area contributed by atoms with Crippen LogP contribution in [0.5, 0.6) is 0 Å². The highest BCUT2D eigenvalue weighted by Gasteiger charge is 2.24. The minimum atomic E-state index is -0.357. The molecule has 0 saturated heterocycles. The van der Waals surface area contributed by atoms with Crippen LogP contribution in [0, 0.1) is 0 Å². The smallest absolute Gasteiger partial charge is 0.258 e. The van der Waals surface area contributed by atoms with Gasteiger partial charge in [-0.15, -0.1) is 0 Å². The van der Waals surface area contributed by atoms with E-state index >= 15 is 0 Å². The van der Waals surface area contributed by atoms with Crippen molar-refractivity contribution in [2.24, 2.45) is 0 Å². The number of hydrogen-bond acceptors (Lipinski definition) is 3. The Hall–Kier alpha value is -3.27. The van der Waals surface area contributed by atoms with Crippen molar-refractivity contribution in [3.8, 4) is 0 Å². The van der Waals surface area contributed by atoms with Gasteiger partial charge in [-0.1, -0.05) is 50.3 Å². The molecule has 28 heavy (non-hydrogen) atoms. The van der Waals surface area contributed by atoms with Crippen LogP contribution < -0.4 is 4.90 Å². The fourth-order valence-electron chi connectivity index (χ4n) is 3.00. The lowest BCUT2D eigenvalue weighted by atomic mass is 9.94. The van der Waals surface area contributed by atoms with Gasteiger partial charge in [-0.25, -0.2) is 4.90 Å². The summed E-state index contributed by atoms with van der Waals surface area (Å²) in [4.78, 5) is 37.4. The van der Waals surface area contributed by atoms with E-state index in [0.29, 0.717) is 16.8 Å². The van der Waals surface area contributed by atoms with Gasteiger partial charge in [0.1, 0.15) is 0 Å². The predicted molar refractivity (Wildman–Crippen MR) is 114 cm³/mol. The van der Waals surface area contributed by atoms with Crippen LogP contribution in [0.25, 0.3) is 5.57 Å². The standard InChI is InChI=1S/C24H25NO3/c1-6-8-17(5)21(24(28)16(3)4)15-18(7-2)19-9-11-20(12-10-19)25-22(26)13-14-23(25)27/h7,9-15H,2-3,6,8H2,1,4-5H3/b18-15+,21-17-. The molecule has 0 radical (unpaired) electrons. The molecule has 0 aromatic heterocycles. The molecule has 1 aliphatic rings. The minimum Gasteiger partial charge on any atom is -0.289 e. The van der Waals surface area contributed by atoms with E-state index in [2.05, 4.69) is 20.1 Å². The molecular weight excluding hydrogens is 350 g/mol. The molecule has 2 rings (SSSR count). The van der Waals surface area contributed by atoms with E-state index in [1.807, 2.05) is 13.0 Å². The van der Waals surface area contributed by atoms with Crippen molar-refractivity contribution < 1.29 is 14.4 Å². The molecule has 1 heterocycles. The van der Waals surface area contributed by atoms with Gasteiger partial charge in [0.2, 0.25) is 0 Å². The molecule has 1 aliphatic heterocycles. The van der Waals surface area contributed by atoms with Gasteiger partial charge in [0.25, 0.3) is 11.8 Å². The summed E-state index contributed by atoms with van der Waals surface area (Å²) in [5.41, 5.74) is 4.24. The molecule has 0 spiro atoms. The third kappa shape index (κ3) is 4.52. The van der Waals surface area contributed by atoms with Gasteiger partial charge in [0.15, 0.2) is 5.78 Å². The molecule has 0 saturated carbocycles. The van der Waals surface area contributed by atoms with E-state index in [4.69, 9.17) is 0 Å². The lowest BCUT2D eigenvalue weighted by molar-refractivity contribution is -0.120. The second kappa shape index (κ2) is 9.09. The van der Waals surface area contributed by atoms with Gasteiger partial charge < -0.3 is 0 Å². The van der Waals surface area contributed by atoms with E-state index in [-0.39, 0.29) is 17.6 Å². The van der Waals surface area contributed by atoms with Crippen molar-refractivity contribution in [3.63, 3.8) is 0 Å². The number of carbonyl (C=O) groups excluding carboxylic acids is 3. The maximum absolute atomic E-state index is 12.6. The quantitative estimate of drug-likeness (QED) is 0.367. The van der Waals surface area contributed by atoms with Crippen LogP contribution in [-0.2, 0) is 14.4 Å². The van der Waals surface area contributed by atoms with Crippen LogP contribution in [0.2, 0.25) is 0 Å². The van der Waals surface area contributed by atoms with E-state index in [0.717, 1.165) is 34.5 Å². The molecule has 2 amide bonds. The van der Waals surface area contributed by atoms with Gasteiger partial charge in [-0.2, -0.15) is 0 Å². The number of hydrogen-bond donors (Lipinski definition) is 0. The average Bonchev–Trinajstić information content (AvgIpc) is 3.01. The zero-order valence-electron chi connectivity index (χ0n) is 16.6. The number of allylic oxidation sites excluding steroid dienone is 6. The van der Waals surface area contributed by atoms with Crippen LogP contribution >= 0.6 is 0 Å². The highest BCUT2D eigenvalue weighted by molar-refractivity contribution is 6.28. The third-order valence-electron chi connectivity index (χ3n) is 4.50. The second-order valence-electron chi connectivity index (χ2n) is 6.75. The first-order valence-electron chi connectivity index (χ1n) is 9.20. The van der Waals surface area contributed by atoms with Crippen LogP contribution in [0.15, 0.2) is 78.4 Å². The molecule has 0 fully saturated rings. The van der Waals surface area contributed by atoms with E-state index in [1.54, 1.807) is 37.3 Å². The van der Waals surface area contributed by atoms with Crippen molar-refractivity contribution in [1.29, 1.82) is 0 Å². The predicted octanol–water partition coefficient (Wildman–Crippen LogP) is 4.95. The Bertz CT molecular complexity index is 909. The normalized spacial score (nSPS) is 15.0. The van der Waals surface area contributed by atoms with Crippen molar-refractivity contribution in [2.45, 2.75) is 33.6 Å². The number of Topliss-reactive ketones (excluding diaryl/α,β-unsaturated/α-hetero) is 1. The highest BCUT2D eigenvalue weighted by Crippen LogP contribution is 2.26. The summed E-state index contributed by atoms with van der Waals surface area (Å²) < 4.78 is 0. The van der Waals surface area contributed by atoms with Gasteiger partial charge in [-0.3, -0.25) is 14.4 Å². The van der Waals surface area contributed by atoms with Crippen LogP contribution in [0.3, 0.4) is 0 Å². The first kappa shape index (κ1) is 21.0. The first-order valence-corrected chi connectivity index (χ1v) is 9.20. The fraction of sp³-hybridized carbons (Fsp3) is 0.208. The third-order valence-corrected chi connectivity index (χ3v) is 4.50. The van der Waals surface area contributed by atoms with Gasteiger partial charge in [-0.05, 0) is 55.2 Å². The van der Waals surface area contributed by atoms with Crippen molar-refractivity contribution in [1.82, 2.24) is 0 Å². The molecule has 0 atom stereocenters. The van der Waals surface area contributed by atoms with E-state index < -0.39 is 0 Å². The lowest BCUT2D eigenvalue weighted by Gasteiger charge is -2.15. The molecule has 1 aromatic carbocycles. The van der Waals surface area contributed by atoms with Crippen LogP contribution in [0.1, 0.15) is 39.2 Å². The summed E-state index contributed by atoms with van der Waals surface area (Å²) in [7, 11) is 0. The largest absolute Gasteiger partial charge is 0.289 e. The highest BCUT2D eigenvalue weighted by atomic mass is 16.2. The zero-order valence-corrected chi connectivity index (χ0v) is 16.6. The molecule has 0 aliphatic carbocycles. The average molecular weight is 375 g/mol. The minimum absolute atomic E-state index is 0.0822. The van der Waals surface area contributed by atoms with Crippen molar-refractivity contribution >= 4 is 28.9 Å². The fourth-order valence-corrected chi connectivity index (χ4v) is 3.00. The molecule has 4 heteroatoms. The first-order chi connectivity index (χ1) is 13.3. The summed E-state index contributed by atoms with van der Waals surface area (Å²) in [6, 6.07) is 7.02. The second-order valence-corrected chi connectivity index (χ2v) is 6.75. The van der Waals surface area contributed by atoms with Gasteiger partial charge in [0, 0.05) is 17.7 Å². The van der Waals surface area contributed by atoms with Crippen LogP contribution in [0.4, 0.5) is 5.69 Å². The number of ketones is 1. The Kier molecular flexibility index (Phi) is 6.83. The number of nitrogens with zero attached hydrogens (tertiary/aromatic N) is 1. The summed E-state index contributed by atoms with van der Waals surface area (Å²) in [6.07, 6.45) is 7.78. The molecule has 0 N–H and O–H groups in total. The zero-order chi connectivity index (χ0) is 20.8. The molecule has 4 nitrogen and oxygen atoms in total. The summed E-state index contributed by atoms with van der Waals surface area (Å²) in [5.74, 6) is -0.796. The van der Waals surface area contributed by atoms with Gasteiger partial charge >= 0.3 is 0 Å². The molecular formula is C24H25NO3. The van der Waals surface area contributed by atoms with E-state index in [1.165, 1.54) is 12.2 Å². The molecule has 144 valence electrons. The number of amides is 2. The van der Waals surface area contributed by atoms with E-state index in [9.17, 15) is 14.4 Å². The Labute approximate surface area is 166 Å². The summed E-state index contributed by atoms with van der Waals surface area (Å²) >= 11 is 0. The monoisotopic (exact) mass is 375 g/mol. The summed E-state index contributed by atoms with van der Waals surface area (Å²) in [6.45, 7) is 13.4. The SMILES string of the molecule is C=C/C(=C\C(C(=O)C(=C)C)=C(/C)CCC)c1ccc(N2C(=O)C=CC2=O)cc1. The van der Waals surface area contributed by atoms with Crippen molar-refractivity contribution in [3.05, 3.63) is 84.0 Å². The Morgan fingerprint density at radius 1 is 1.07 bits per heavy atom. The lowest BCUT2D eigenvalue weighted by Crippen LogP contribution is -2.29. The Morgan fingerprint density at radius 3 is 2.11 bits per heavy atom. The topological polar surface area (TPSA) is 54.5 Å². The van der Waals surface area contributed by atoms with Gasteiger partial charge in [0.05, 0.1) is 5.69 Å². The number of rotatable bonds is 8.